The van der Waals surface area contributed by atoms with Crippen LogP contribution in [0.25, 0.3) is 0 Å². The monoisotopic (exact) mass is 238 g/mol. The summed E-state index contributed by atoms with van der Waals surface area (Å²) in [6.07, 6.45) is 5.17. The Morgan fingerprint density at radius 3 is 2.59 bits per heavy atom. The van der Waals surface area contributed by atoms with Crippen molar-refractivity contribution < 1.29 is 19.8 Å². The summed E-state index contributed by atoms with van der Waals surface area (Å²) in [7, 11) is 0. The third kappa shape index (κ3) is 2.21. The number of allylic oxidation sites excluding steroid dienone is 2. The van der Waals surface area contributed by atoms with Gasteiger partial charge in [0.05, 0.1) is 11.8 Å². The molecule has 94 valence electrons. The van der Waals surface area contributed by atoms with Gasteiger partial charge in [0.1, 0.15) is 0 Å². The fraction of sp³-hybridized carbons (Fsp3) is 0.692. The highest BCUT2D eigenvalue weighted by molar-refractivity contribution is 5.81. The molecule has 0 aliphatic heterocycles. The molecule has 0 amide bonds. The Morgan fingerprint density at radius 2 is 2.00 bits per heavy atom. The molecule has 17 heavy (non-hydrogen) atoms. The lowest BCUT2D eigenvalue weighted by Gasteiger charge is -2.39. The minimum absolute atomic E-state index is 0.0638. The largest absolute Gasteiger partial charge is 0.481 e. The highest BCUT2D eigenvalue weighted by atomic mass is 16.4. The molecule has 0 bridgehead atoms. The van der Waals surface area contributed by atoms with Gasteiger partial charge in [0.25, 0.3) is 0 Å². The van der Waals surface area contributed by atoms with Gasteiger partial charge in [0, 0.05) is 0 Å². The molecular weight excluding hydrogens is 220 g/mol. The van der Waals surface area contributed by atoms with Gasteiger partial charge in [-0.3, -0.25) is 9.59 Å². The summed E-state index contributed by atoms with van der Waals surface area (Å²) in [6.45, 7) is 2.11. The molecule has 4 nitrogen and oxygen atoms in total. The third-order valence-electron chi connectivity index (χ3n) is 4.16. The fourth-order valence-corrected chi connectivity index (χ4v) is 3.24. The number of fused-ring (bicyclic) bond motifs is 1. The summed E-state index contributed by atoms with van der Waals surface area (Å²) < 4.78 is 0. The topological polar surface area (TPSA) is 74.6 Å². The molecule has 0 spiro atoms. The molecule has 2 rings (SSSR count). The summed E-state index contributed by atoms with van der Waals surface area (Å²) in [5, 5.41) is 18.4. The van der Waals surface area contributed by atoms with Gasteiger partial charge in [0.15, 0.2) is 0 Å². The van der Waals surface area contributed by atoms with E-state index in [1.165, 1.54) is 5.57 Å². The van der Waals surface area contributed by atoms with Crippen molar-refractivity contribution in [2.24, 2.45) is 23.7 Å². The van der Waals surface area contributed by atoms with Crippen LogP contribution in [0.5, 0.6) is 0 Å². The Labute approximate surface area is 100 Å². The van der Waals surface area contributed by atoms with E-state index in [0.717, 1.165) is 19.3 Å². The summed E-state index contributed by atoms with van der Waals surface area (Å²) >= 11 is 0. The average molecular weight is 238 g/mol. The van der Waals surface area contributed by atoms with Crippen LogP contribution in [0.2, 0.25) is 0 Å². The number of hydrogen-bond donors (Lipinski definition) is 2. The second kappa shape index (κ2) is 4.51. The SMILES string of the molecule is C[C@H]1CCC2=CC[C@@H](C(=O)O)[C@@H](C(=O)O)[C@H]2C1. The van der Waals surface area contributed by atoms with E-state index in [1.807, 2.05) is 6.08 Å². The molecule has 0 aromatic heterocycles. The van der Waals surface area contributed by atoms with Crippen molar-refractivity contribution in [1.82, 2.24) is 0 Å². The van der Waals surface area contributed by atoms with Gasteiger partial charge in [-0.2, -0.15) is 0 Å². The summed E-state index contributed by atoms with van der Waals surface area (Å²) in [5.41, 5.74) is 1.17. The van der Waals surface area contributed by atoms with Crippen LogP contribution in [0, 0.1) is 23.7 Å². The molecule has 0 saturated heterocycles. The standard InChI is InChI=1S/C13H18O4/c1-7-2-3-8-4-5-9(12(14)15)11(13(16)17)10(8)6-7/h4,7,9-11H,2-3,5-6H2,1H3,(H,14,15)(H,16,17)/t7-,9+,10-,11+/m0/s1. The van der Waals surface area contributed by atoms with E-state index in [2.05, 4.69) is 6.92 Å². The zero-order chi connectivity index (χ0) is 12.6. The van der Waals surface area contributed by atoms with E-state index in [-0.39, 0.29) is 5.92 Å². The van der Waals surface area contributed by atoms with Crippen molar-refractivity contribution in [3.8, 4) is 0 Å². The van der Waals surface area contributed by atoms with E-state index in [4.69, 9.17) is 5.11 Å². The Bertz CT molecular complexity index is 372. The molecule has 0 heterocycles. The van der Waals surface area contributed by atoms with Crippen molar-refractivity contribution in [3.63, 3.8) is 0 Å². The van der Waals surface area contributed by atoms with Gasteiger partial charge in [-0.15, -0.1) is 0 Å². The second-order valence-corrected chi connectivity index (χ2v) is 5.31. The van der Waals surface area contributed by atoms with Crippen LogP contribution in [0.4, 0.5) is 0 Å². The zero-order valence-corrected chi connectivity index (χ0v) is 9.93. The van der Waals surface area contributed by atoms with E-state index < -0.39 is 23.8 Å². The first-order valence-electron chi connectivity index (χ1n) is 6.15. The molecule has 1 fully saturated rings. The lowest BCUT2D eigenvalue weighted by Crippen LogP contribution is -2.40. The van der Waals surface area contributed by atoms with Crippen molar-refractivity contribution in [2.75, 3.05) is 0 Å². The van der Waals surface area contributed by atoms with Gasteiger partial charge >= 0.3 is 11.9 Å². The first-order chi connectivity index (χ1) is 8.00. The maximum Gasteiger partial charge on any atom is 0.307 e. The van der Waals surface area contributed by atoms with Crippen LogP contribution in [0.15, 0.2) is 11.6 Å². The molecular formula is C13H18O4. The molecule has 4 atom stereocenters. The van der Waals surface area contributed by atoms with Crippen LogP contribution >= 0.6 is 0 Å². The zero-order valence-electron chi connectivity index (χ0n) is 9.93. The number of hydrogen-bond acceptors (Lipinski definition) is 2. The Balaban J connectivity index is 2.30. The quantitative estimate of drug-likeness (QED) is 0.723. The van der Waals surface area contributed by atoms with Gasteiger partial charge < -0.3 is 10.2 Å². The fourth-order valence-electron chi connectivity index (χ4n) is 3.24. The molecule has 0 aromatic carbocycles. The Morgan fingerprint density at radius 1 is 1.29 bits per heavy atom. The van der Waals surface area contributed by atoms with Gasteiger partial charge in [0.2, 0.25) is 0 Å². The number of carboxylic acid groups (broad SMARTS) is 2. The summed E-state index contributed by atoms with van der Waals surface area (Å²) in [4.78, 5) is 22.5. The van der Waals surface area contributed by atoms with Crippen LogP contribution in [-0.4, -0.2) is 22.2 Å². The number of aliphatic carboxylic acids is 2. The lowest BCUT2D eigenvalue weighted by atomic mass is 9.64. The Hall–Kier alpha value is -1.32. The van der Waals surface area contributed by atoms with E-state index in [9.17, 15) is 14.7 Å². The number of rotatable bonds is 2. The van der Waals surface area contributed by atoms with E-state index in [0.29, 0.717) is 12.3 Å². The van der Waals surface area contributed by atoms with Crippen molar-refractivity contribution in [2.45, 2.75) is 32.6 Å². The van der Waals surface area contributed by atoms with E-state index in [1.54, 1.807) is 0 Å². The van der Waals surface area contributed by atoms with E-state index >= 15 is 0 Å². The maximum atomic E-state index is 11.3. The molecule has 2 aliphatic rings. The van der Waals surface area contributed by atoms with Crippen LogP contribution in [0.3, 0.4) is 0 Å². The smallest absolute Gasteiger partial charge is 0.307 e. The first kappa shape index (κ1) is 12.1. The molecule has 2 N–H and O–H groups in total. The van der Waals surface area contributed by atoms with Gasteiger partial charge in [-0.25, -0.2) is 0 Å². The highest BCUT2D eigenvalue weighted by Crippen LogP contribution is 2.44. The predicted molar refractivity (Wildman–Crippen MR) is 61.5 cm³/mol. The maximum absolute atomic E-state index is 11.3. The molecule has 0 aromatic rings. The minimum atomic E-state index is -0.981. The first-order valence-corrected chi connectivity index (χ1v) is 6.15. The molecule has 4 heteroatoms. The van der Waals surface area contributed by atoms with Crippen LogP contribution < -0.4 is 0 Å². The minimum Gasteiger partial charge on any atom is -0.481 e. The van der Waals surface area contributed by atoms with Gasteiger partial charge in [-0.05, 0) is 37.5 Å². The Kier molecular flexibility index (Phi) is 3.22. The summed E-state index contributed by atoms with van der Waals surface area (Å²) in [6, 6.07) is 0. The lowest BCUT2D eigenvalue weighted by molar-refractivity contribution is -0.156. The van der Waals surface area contributed by atoms with Crippen molar-refractivity contribution in [1.29, 1.82) is 0 Å². The van der Waals surface area contributed by atoms with Crippen molar-refractivity contribution in [3.05, 3.63) is 11.6 Å². The molecule has 2 aliphatic carbocycles. The van der Waals surface area contributed by atoms with Crippen LogP contribution in [0.1, 0.15) is 32.6 Å². The normalized spacial score (nSPS) is 36.9. The van der Waals surface area contributed by atoms with Crippen LogP contribution in [-0.2, 0) is 9.59 Å². The molecule has 0 radical (unpaired) electrons. The number of carboxylic acids is 2. The van der Waals surface area contributed by atoms with Gasteiger partial charge in [-0.1, -0.05) is 18.6 Å². The van der Waals surface area contributed by atoms with Crippen molar-refractivity contribution >= 4 is 11.9 Å². The second-order valence-electron chi connectivity index (χ2n) is 5.31. The molecule has 0 unspecified atom stereocenters. The molecule has 1 saturated carbocycles. The highest BCUT2D eigenvalue weighted by Gasteiger charge is 2.44. The predicted octanol–water partition coefficient (Wildman–Crippen LogP) is 2.15. The third-order valence-corrected chi connectivity index (χ3v) is 4.16. The summed E-state index contributed by atoms with van der Waals surface area (Å²) in [5.74, 6) is -3.01. The average Bonchev–Trinajstić information content (AvgIpc) is 2.26. The number of carbonyl (C=O) groups is 2.